The van der Waals surface area contributed by atoms with Gasteiger partial charge < -0.3 is 15.2 Å². The summed E-state index contributed by atoms with van der Waals surface area (Å²) >= 11 is 6.17. The smallest absolute Gasteiger partial charge is 0.405 e. The van der Waals surface area contributed by atoms with Crippen molar-refractivity contribution in [3.05, 3.63) is 53.3 Å². The molecule has 1 atom stereocenters. The fourth-order valence-corrected chi connectivity index (χ4v) is 3.86. The molecule has 3 rings (SSSR count). The second-order valence-corrected chi connectivity index (χ2v) is 8.73. The molecule has 30 heavy (non-hydrogen) atoms. The molecular formula is C23H26ClN3O3. The van der Waals surface area contributed by atoms with Crippen LogP contribution in [-0.2, 0) is 0 Å². The number of halogens is 1. The first-order chi connectivity index (χ1) is 14.1. The maximum Gasteiger partial charge on any atom is 0.405 e. The average molecular weight is 428 g/mol. The summed E-state index contributed by atoms with van der Waals surface area (Å²) in [6.45, 7) is 8.22. The van der Waals surface area contributed by atoms with E-state index in [2.05, 4.69) is 15.3 Å². The number of ether oxygens (including phenoxy) is 1. The van der Waals surface area contributed by atoms with Gasteiger partial charge in [-0.15, -0.1) is 0 Å². The highest BCUT2D eigenvalue weighted by Gasteiger charge is 2.23. The molecule has 6 nitrogen and oxygen atoms in total. The number of rotatable bonds is 7. The minimum Gasteiger partial charge on any atom is -0.491 e. The summed E-state index contributed by atoms with van der Waals surface area (Å²) in [6.07, 6.45) is 3.14. The number of aromatic nitrogens is 2. The van der Waals surface area contributed by atoms with Crippen molar-refractivity contribution in [1.82, 2.24) is 15.3 Å². The molecule has 2 heterocycles. The van der Waals surface area contributed by atoms with Crippen molar-refractivity contribution in [3.63, 3.8) is 0 Å². The Kier molecular flexibility index (Phi) is 6.46. The van der Waals surface area contributed by atoms with E-state index in [-0.39, 0.29) is 5.92 Å². The normalized spacial score (nSPS) is 12.6. The molecule has 0 saturated heterocycles. The zero-order chi connectivity index (χ0) is 21.9. The number of fused-ring (bicyclic) bond motifs is 1. The highest BCUT2D eigenvalue weighted by Crippen LogP contribution is 2.30. The van der Waals surface area contributed by atoms with E-state index in [0.717, 1.165) is 27.7 Å². The Morgan fingerprint density at radius 2 is 2.03 bits per heavy atom. The maximum atomic E-state index is 10.9. The van der Waals surface area contributed by atoms with Gasteiger partial charge in [0.15, 0.2) is 0 Å². The molecule has 0 bridgehead atoms. The van der Waals surface area contributed by atoms with Crippen LogP contribution in [0, 0.1) is 12.8 Å². The lowest BCUT2D eigenvalue weighted by atomic mass is 9.92. The first-order valence-corrected chi connectivity index (χ1v) is 10.2. The Labute approximate surface area is 181 Å². The third-order valence-electron chi connectivity index (χ3n) is 4.87. The predicted molar refractivity (Wildman–Crippen MR) is 119 cm³/mol. The number of carbonyl (C=O) groups is 1. The van der Waals surface area contributed by atoms with E-state index in [1.165, 1.54) is 0 Å². The van der Waals surface area contributed by atoms with Crippen LogP contribution < -0.4 is 10.1 Å². The lowest BCUT2D eigenvalue weighted by Gasteiger charge is -2.28. The number of amides is 1. The number of benzene rings is 1. The topological polar surface area (TPSA) is 84.3 Å². The van der Waals surface area contributed by atoms with Gasteiger partial charge in [-0.05, 0) is 69.0 Å². The van der Waals surface area contributed by atoms with Crippen LogP contribution in [0.4, 0.5) is 4.79 Å². The molecule has 1 amide bonds. The number of hydrogen-bond donors (Lipinski definition) is 2. The van der Waals surface area contributed by atoms with E-state index in [9.17, 15) is 4.79 Å². The number of aryl methyl sites for hydroxylation is 1. The van der Waals surface area contributed by atoms with Gasteiger partial charge in [-0.1, -0.05) is 18.5 Å². The largest absolute Gasteiger partial charge is 0.491 e. The second kappa shape index (κ2) is 8.88. The Balaban J connectivity index is 1.74. The molecule has 158 valence electrons. The molecule has 3 aromatic rings. The molecule has 0 saturated carbocycles. The minimum atomic E-state index is -1.02. The number of nitrogens with one attached hydrogen (secondary N) is 1. The van der Waals surface area contributed by atoms with Crippen molar-refractivity contribution in [2.75, 3.05) is 6.61 Å². The van der Waals surface area contributed by atoms with Crippen molar-refractivity contribution in [1.29, 1.82) is 0 Å². The summed E-state index contributed by atoms with van der Waals surface area (Å²) in [4.78, 5) is 19.9. The number of hydrogen-bond acceptors (Lipinski definition) is 4. The minimum absolute atomic E-state index is 0.164. The van der Waals surface area contributed by atoms with Gasteiger partial charge in [0.05, 0.1) is 24.0 Å². The van der Waals surface area contributed by atoms with Crippen LogP contribution in [0.15, 0.2) is 42.7 Å². The second-order valence-electron chi connectivity index (χ2n) is 8.29. The first-order valence-electron chi connectivity index (χ1n) is 9.80. The van der Waals surface area contributed by atoms with Gasteiger partial charge in [0.25, 0.3) is 0 Å². The monoisotopic (exact) mass is 427 g/mol. The third kappa shape index (κ3) is 5.39. The van der Waals surface area contributed by atoms with Crippen molar-refractivity contribution in [3.8, 4) is 17.0 Å². The molecule has 0 radical (unpaired) electrons. The number of pyridine rings is 2. The fourth-order valence-electron chi connectivity index (χ4n) is 3.69. The van der Waals surface area contributed by atoms with Gasteiger partial charge >= 0.3 is 6.09 Å². The average Bonchev–Trinajstić information content (AvgIpc) is 2.65. The van der Waals surface area contributed by atoms with Gasteiger partial charge in [0.2, 0.25) is 0 Å². The van der Waals surface area contributed by atoms with E-state index >= 15 is 0 Å². The summed E-state index contributed by atoms with van der Waals surface area (Å²) in [6, 6.07) is 9.54. The van der Waals surface area contributed by atoms with Gasteiger partial charge in [0, 0.05) is 27.7 Å². The van der Waals surface area contributed by atoms with Crippen LogP contribution in [0.3, 0.4) is 0 Å². The molecule has 0 spiro atoms. The number of nitrogens with zero attached hydrogens (tertiary/aromatic N) is 2. The number of carboxylic acid groups (broad SMARTS) is 1. The van der Waals surface area contributed by atoms with E-state index in [1.807, 2.05) is 58.0 Å². The van der Waals surface area contributed by atoms with Crippen LogP contribution in [0.5, 0.6) is 5.75 Å². The van der Waals surface area contributed by atoms with Crippen LogP contribution >= 0.6 is 11.6 Å². The summed E-state index contributed by atoms with van der Waals surface area (Å²) in [5.41, 5.74) is 3.11. The summed E-state index contributed by atoms with van der Waals surface area (Å²) in [7, 11) is 0. The lowest BCUT2D eigenvalue weighted by molar-refractivity contribution is 0.169. The lowest BCUT2D eigenvalue weighted by Crippen LogP contribution is -2.44. The first kappa shape index (κ1) is 21.8. The van der Waals surface area contributed by atoms with E-state index in [4.69, 9.17) is 21.4 Å². The Bertz CT molecular complexity index is 1070. The highest BCUT2D eigenvalue weighted by molar-refractivity contribution is 6.31. The van der Waals surface area contributed by atoms with E-state index in [1.54, 1.807) is 12.4 Å². The standard InChI is InChI=1S/C23H26ClN3O3/c1-14(11-23(3,4)27-22(28)29)13-30-21-12-26-20(9-15(21)2)17-7-8-25-19-6-5-16(24)10-18(17)19/h5-10,12,14,27H,11,13H2,1-4H3,(H,28,29). The third-order valence-corrected chi connectivity index (χ3v) is 5.10. The summed E-state index contributed by atoms with van der Waals surface area (Å²) < 4.78 is 5.98. The van der Waals surface area contributed by atoms with Crippen LogP contribution in [0.1, 0.15) is 32.8 Å². The molecule has 0 aliphatic rings. The van der Waals surface area contributed by atoms with Crippen molar-refractivity contribution < 1.29 is 14.6 Å². The summed E-state index contributed by atoms with van der Waals surface area (Å²) in [5.74, 6) is 0.878. The molecular weight excluding hydrogens is 402 g/mol. The molecule has 7 heteroatoms. The zero-order valence-electron chi connectivity index (χ0n) is 17.6. The van der Waals surface area contributed by atoms with Gasteiger partial charge in [-0.2, -0.15) is 0 Å². The molecule has 0 fully saturated rings. The highest BCUT2D eigenvalue weighted by atomic mass is 35.5. The molecule has 2 N–H and O–H groups in total. The van der Waals surface area contributed by atoms with E-state index < -0.39 is 11.6 Å². The SMILES string of the molecule is Cc1cc(-c2ccnc3ccc(Cl)cc23)ncc1OCC(C)CC(C)(C)NC(=O)O. The molecule has 0 aliphatic carbocycles. The van der Waals surface area contributed by atoms with Crippen LogP contribution in [-0.4, -0.2) is 33.3 Å². The molecule has 0 aliphatic heterocycles. The zero-order valence-corrected chi connectivity index (χ0v) is 18.3. The van der Waals surface area contributed by atoms with Gasteiger partial charge in [0.1, 0.15) is 5.75 Å². The Morgan fingerprint density at radius 3 is 2.73 bits per heavy atom. The van der Waals surface area contributed by atoms with Crippen molar-refractivity contribution in [2.24, 2.45) is 5.92 Å². The van der Waals surface area contributed by atoms with Crippen LogP contribution in [0.2, 0.25) is 5.02 Å². The van der Waals surface area contributed by atoms with Crippen molar-refractivity contribution in [2.45, 2.75) is 39.7 Å². The Hall–Kier alpha value is -2.86. The molecule has 2 aromatic heterocycles. The summed E-state index contributed by atoms with van der Waals surface area (Å²) in [5, 5.41) is 13.1. The predicted octanol–water partition coefficient (Wildman–Crippen LogP) is 5.71. The van der Waals surface area contributed by atoms with Crippen LogP contribution in [0.25, 0.3) is 22.2 Å². The molecule has 1 aromatic carbocycles. The quantitative estimate of drug-likeness (QED) is 0.504. The van der Waals surface area contributed by atoms with E-state index in [0.29, 0.717) is 23.8 Å². The van der Waals surface area contributed by atoms with Gasteiger partial charge in [-0.25, -0.2) is 4.79 Å². The molecule has 1 unspecified atom stereocenters. The van der Waals surface area contributed by atoms with Crippen molar-refractivity contribution >= 4 is 28.6 Å². The maximum absolute atomic E-state index is 10.9. The fraction of sp³-hybridized carbons (Fsp3) is 0.348. The van der Waals surface area contributed by atoms with Gasteiger partial charge in [-0.3, -0.25) is 9.97 Å². The Morgan fingerprint density at radius 1 is 1.27 bits per heavy atom.